The van der Waals surface area contributed by atoms with Gasteiger partial charge in [-0.3, -0.25) is 53.6 Å². The number of ether oxygens (including phenoxy) is 2. The third kappa shape index (κ3) is 11.5. The first-order valence-corrected chi connectivity index (χ1v) is 23.4. The summed E-state index contributed by atoms with van der Waals surface area (Å²) in [4.78, 5) is 89.0. The lowest BCUT2D eigenvalue weighted by Gasteiger charge is -2.45. The Kier molecular flexibility index (Phi) is 15.3. The number of benzene rings is 2. The van der Waals surface area contributed by atoms with Crippen molar-refractivity contribution in [3.05, 3.63) is 106 Å². The predicted octanol–water partition coefficient (Wildman–Crippen LogP) is 5.75. The molecule has 0 bridgehead atoms. The third-order valence-corrected chi connectivity index (χ3v) is 12.7. The Balaban J connectivity index is 0.734. The number of aromatic nitrogens is 4. The van der Waals surface area contributed by atoms with E-state index in [1.165, 1.54) is 18.2 Å². The molecule has 0 aliphatic carbocycles. The lowest BCUT2D eigenvalue weighted by atomic mass is 9.90. The summed E-state index contributed by atoms with van der Waals surface area (Å²) in [5.41, 5.74) is 1.40. The van der Waals surface area contributed by atoms with Crippen LogP contribution in [0, 0.1) is 0 Å². The Bertz CT molecular complexity index is 2700. The number of carbonyl (C=O) groups excluding carboxylic acids is 6. The van der Waals surface area contributed by atoms with Crippen molar-refractivity contribution in [1.29, 1.82) is 0 Å². The molecule has 2 saturated heterocycles. The standard InChI is InChI=1S/C49H53F3N10O8/c1-31-37(27-48(30-54-31,60-21-24-69-25-22-60)57-44(65)32-10-8-11-34(26-32)49(50,51)52)33-16-19-42(53-28-33)70-23-7-3-4-12-35-29-61(59-58-35)20-6-2-5-15-40(63)55-38-14-9-13-36-43(38)47(68)62(46(36)67)39-17-18-41(64)56-45(39)66/h8-11,13-14,16,19,26,28-30,39H,2-7,12,15,17-18,20-25,27H2,1H3,(H,55,63)(H,57,65)(H,56,64,66). The van der Waals surface area contributed by atoms with Gasteiger partial charge in [0.05, 0.1) is 47.9 Å². The first kappa shape index (κ1) is 49.3. The van der Waals surface area contributed by atoms with Gasteiger partial charge in [0.15, 0.2) is 0 Å². The molecule has 21 heteroatoms. The van der Waals surface area contributed by atoms with Gasteiger partial charge in [0.1, 0.15) is 11.7 Å². The normalized spacial score (nSPS) is 19.6. The number of aryl methyl sites for hydroxylation is 2. The molecule has 8 rings (SSSR count). The van der Waals surface area contributed by atoms with Crippen LogP contribution in [-0.2, 0) is 38.3 Å². The molecular formula is C49H53F3N10O8. The molecule has 368 valence electrons. The Morgan fingerprint density at radius 1 is 0.957 bits per heavy atom. The van der Waals surface area contributed by atoms with E-state index in [1.807, 2.05) is 24.1 Å². The number of anilines is 1. The summed E-state index contributed by atoms with van der Waals surface area (Å²) >= 11 is 0. The number of alkyl halides is 3. The number of amides is 6. The van der Waals surface area contributed by atoms with Crippen LogP contribution >= 0.6 is 0 Å². The topological polar surface area (TPSA) is 219 Å². The van der Waals surface area contributed by atoms with Gasteiger partial charge in [0.2, 0.25) is 23.6 Å². The number of unbranched alkanes of at least 4 members (excludes halogenated alkanes) is 4. The summed E-state index contributed by atoms with van der Waals surface area (Å²) in [7, 11) is 0. The number of halogens is 3. The SMILES string of the molecule is CC1=C(c2ccc(OCCCCCc3cn(CCCCCC(=O)Nc4cccc5c4C(=O)N(C4CCC(=O)NC4=O)C5=O)nn3)nc2)CC(NC(=O)c2cccc(C(F)(F)F)c2)(N2CCOCC2)C=N1. The van der Waals surface area contributed by atoms with Crippen molar-refractivity contribution in [2.75, 3.05) is 38.2 Å². The van der Waals surface area contributed by atoms with Crippen molar-refractivity contribution in [2.24, 2.45) is 4.99 Å². The van der Waals surface area contributed by atoms with E-state index in [1.54, 1.807) is 35.3 Å². The molecule has 6 heterocycles. The number of imide groups is 2. The first-order valence-electron chi connectivity index (χ1n) is 23.4. The summed E-state index contributed by atoms with van der Waals surface area (Å²) in [5.74, 6) is -2.99. The molecule has 4 aromatic rings. The lowest BCUT2D eigenvalue weighted by Crippen LogP contribution is -2.65. The molecule has 2 aromatic carbocycles. The van der Waals surface area contributed by atoms with Crippen LogP contribution in [0.1, 0.15) is 119 Å². The number of hydrogen-bond acceptors (Lipinski definition) is 13. The number of allylic oxidation sites excluding steroid dienone is 1. The van der Waals surface area contributed by atoms with Gasteiger partial charge in [-0.1, -0.05) is 23.8 Å². The maximum absolute atomic E-state index is 13.5. The number of hydrogen-bond donors (Lipinski definition) is 3. The highest BCUT2D eigenvalue weighted by Crippen LogP contribution is 2.36. The van der Waals surface area contributed by atoms with E-state index in [0.29, 0.717) is 58.2 Å². The van der Waals surface area contributed by atoms with Crippen molar-refractivity contribution in [2.45, 2.75) is 102 Å². The molecule has 4 aliphatic rings. The summed E-state index contributed by atoms with van der Waals surface area (Å²) in [5, 5.41) is 16.5. The van der Waals surface area contributed by atoms with Gasteiger partial charge in [-0.2, -0.15) is 13.2 Å². The number of pyridine rings is 1. The lowest BCUT2D eigenvalue weighted by molar-refractivity contribution is -0.138. The number of piperidine rings is 1. The molecule has 0 radical (unpaired) electrons. The molecule has 0 spiro atoms. The smallest absolute Gasteiger partial charge is 0.416 e. The largest absolute Gasteiger partial charge is 0.478 e. The van der Waals surface area contributed by atoms with Crippen molar-refractivity contribution < 1.29 is 51.4 Å². The monoisotopic (exact) mass is 966 g/mol. The predicted molar refractivity (Wildman–Crippen MR) is 247 cm³/mol. The molecular weight excluding hydrogens is 914 g/mol. The molecule has 4 aliphatic heterocycles. The van der Waals surface area contributed by atoms with E-state index in [-0.39, 0.29) is 47.5 Å². The first-order chi connectivity index (χ1) is 33.7. The number of carbonyl (C=O) groups is 6. The van der Waals surface area contributed by atoms with Crippen molar-refractivity contribution in [1.82, 2.24) is 40.4 Å². The molecule has 6 amide bonds. The van der Waals surface area contributed by atoms with Crippen molar-refractivity contribution in [3.8, 4) is 5.88 Å². The summed E-state index contributed by atoms with van der Waals surface area (Å²) in [6, 6.07) is 11.5. The van der Waals surface area contributed by atoms with Crippen LogP contribution in [0.5, 0.6) is 5.88 Å². The second-order valence-electron chi connectivity index (χ2n) is 17.6. The zero-order valence-corrected chi connectivity index (χ0v) is 38.6. The highest BCUT2D eigenvalue weighted by molar-refractivity contribution is 6.26. The van der Waals surface area contributed by atoms with Crippen LogP contribution in [0.15, 0.2) is 77.7 Å². The van der Waals surface area contributed by atoms with Gasteiger partial charge >= 0.3 is 6.18 Å². The Morgan fingerprint density at radius 2 is 1.76 bits per heavy atom. The second-order valence-corrected chi connectivity index (χ2v) is 17.6. The zero-order valence-electron chi connectivity index (χ0n) is 38.6. The number of fused-ring (bicyclic) bond motifs is 1. The van der Waals surface area contributed by atoms with Crippen LogP contribution in [0.25, 0.3) is 5.57 Å². The van der Waals surface area contributed by atoms with E-state index < -0.39 is 53.0 Å². The molecule has 18 nitrogen and oxygen atoms in total. The minimum absolute atomic E-state index is 0.0107. The second kappa shape index (κ2) is 21.7. The Hall–Kier alpha value is -7.13. The number of nitrogens with one attached hydrogen (secondary N) is 3. The highest BCUT2D eigenvalue weighted by atomic mass is 19.4. The molecule has 2 atom stereocenters. The van der Waals surface area contributed by atoms with Gasteiger partial charge in [-0.05, 0) is 99.4 Å². The zero-order chi connectivity index (χ0) is 49.4. The van der Waals surface area contributed by atoms with Crippen LogP contribution in [-0.4, -0.2) is 116 Å². The number of rotatable bonds is 19. The fourth-order valence-electron chi connectivity index (χ4n) is 8.99. The van der Waals surface area contributed by atoms with E-state index in [2.05, 4.69) is 36.2 Å². The summed E-state index contributed by atoms with van der Waals surface area (Å²) < 4.78 is 53.7. The van der Waals surface area contributed by atoms with E-state index in [0.717, 1.165) is 78.1 Å². The fourth-order valence-corrected chi connectivity index (χ4v) is 8.99. The van der Waals surface area contributed by atoms with Gasteiger partial charge in [0, 0.05) is 74.8 Å². The van der Waals surface area contributed by atoms with Crippen LogP contribution < -0.4 is 20.7 Å². The molecule has 70 heavy (non-hydrogen) atoms. The number of morpholine rings is 1. The van der Waals surface area contributed by atoms with Crippen LogP contribution in [0.4, 0.5) is 18.9 Å². The number of nitrogens with zero attached hydrogens (tertiary/aromatic N) is 7. The van der Waals surface area contributed by atoms with E-state index in [9.17, 15) is 41.9 Å². The Morgan fingerprint density at radius 3 is 2.53 bits per heavy atom. The molecule has 2 fully saturated rings. The van der Waals surface area contributed by atoms with Crippen molar-refractivity contribution in [3.63, 3.8) is 0 Å². The maximum atomic E-state index is 13.5. The molecule has 0 saturated carbocycles. The molecule has 2 unspecified atom stereocenters. The Labute approximate surface area is 401 Å². The van der Waals surface area contributed by atoms with Crippen molar-refractivity contribution >= 4 is 52.9 Å². The van der Waals surface area contributed by atoms with Crippen LogP contribution in [0.3, 0.4) is 0 Å². The van der Waals surface area contributed by atoms with Gasteiger partial charge in [-0.25, -0.2) is 4.98 Å². The van der Waals surface area contributed by atoms with E-state index >= 15 is 0 Å². The molecule has 3 N–H and O–H groups in total. The van der Waals surface area contributed by atoms with E-state index in [4.69, 9.17) is 9.47 Å². The molecule has 2 aromatic heterocycles. The summed E-state index contributed by atoms with van der Waals surface area (Å²) in [6.45, 7) is 4.76. The van der Waals surface area contributed by atoms with Crippen LogP contribution in [0.2, 0.25) is 0 Å². The minimum atomic E-state index is -4.59. The van der Waals surface area contributed by atoms with Gasteiger partial charge in [0.25, 0.3) is 17.7 Å². The maximum Gasteiger partial charge on any atom is 0.416 e. The number of aliphatic imine (C=N–C) groups is 1. The average Bonchev–Trinajstić information content (AvgIpc) is 3.91. The third-order valence-electron chi connectivity index (χ3n) is 12.7. The summed E-state index contributed by atoms with van der Waals surface area (Å²) in [6.07, 6.45) is 6.63. The average molecular weight is 967 g/mol. The minimum Gasteiger partial charge on any atom is -0.478 e. The fraction of sp³-hybridized carbons (Fsp3) is 0.429. The van der Waals surface area contributed by atoms with Gasteiger partial charge in [-0.15, -0.1) is 5.10 Å². The van der Waals surface area contributed by atoms with Gasteiger partial charge < -0.3 is 20.1 Å². The highest BCUT2D eigenvalue weighted by Gasteiger charge is 2.46. The quantitative estimate of drug-likeness (QED) is 0.0756.